The van der Waals surface area contributed by atoms with Crippen molar-refractivity contribution in [3.63, 3.8) is 0 Å². The monoisotopic (exact) mass is 340 g/mol. The molecule has 4 heterocycles. The first-order valence-electron chi connectivity index (χ1n) is 8.44. The zero-order valence-corrected chi connectivity index (χ0v) is 14.3. The van der Waals surface area contributed by atoms with E-state index in [1.807, 2.05) is 19.1 Å². The molecular formula is C17H20N6O2. The molecule has 8 nitrogen and oxygen atoms in total. The summed E-state index contributed by atoms with van der Waals surface area (Å²) in [6.07, 6.45) is 4.07. The Balaban J connectivity index is 1.65. The molecule has 1 aliphatic heterocycles. The maximum absolute atomic E-state index is 12.8. The number of hydrogen-bond donors (Lipinski definition) is 0. The van der Waals surface area contributed by atoms with Crippen LogP contribution >= 0.6 is 0 Å². The summed E-state index contributed by atoms with van der Waals surface area (Å²) in [6, 6.07) is 5.39. The van der Waals surface area contributed by atoms with Crippen LogP contribution in [-0.4, -0.2) is 47.8 Å². The number of aromatic nitrogens is 5. The first kappa shape index (κ1) is 15.6. The molecule has 8 heteroatoms. The Labute approximate surface area is 144 Å². The third-order valence-corrected chi connectivity index (χ3v) is 4.90. The van der Waals surface area contributed by atoms with Crippen molar-refractivity contribution < 1.29 is 4.79 Å². The molecule has 1 aliphatic rings. The molecule has 1 amide bonds. The number of likely N-dealkylation sites (tertiary alicyclic amines) is 1. The van der Waals surface area contributed by atoms with Crippen LogP contribution in [0, 0.1) is 0 Å². The van der Waals surface area contributed by atoms with Gasteiger partial charge in [-0.2, -0.15) is 5.10 Å². The van der Waals surface area contributed by atoms with Gasteiger partial charge in [0.05, 0.1) is 11.6 Å². The summed E-state index contributed by atoms with van der Waals surface area (Å²) in [5.74, 6) is -0.0388. The summed E-state index contributed by atoms with van der Waals surface area (Å²) in [7, 11) is 1.75. The average molecular weight is 340 g/mol. The molecule has 0 N–H and O–H groups in total. The van der Waals surface area contributed by atoms with Crippen LogP contribution in [0.3, 0.4) is 0 Å². The molecule has 0 bridgehead atoms. The van der Waals surface area contributed by atoms with Gasteiger partial charge in [0, 0.05) is 39.1 Å². The fourth-order valence-corrected chi connectivity index (χ4v) is 3.59. The Kier molecular flexibility index (Phi) is 3.67. The van der Waals surface area contributed by atoms with Crippen molar-refractivity contribution in [3.8, 4) is 0 Å². The third-order valence-electron chi connectivity index (χ3n) is 4.90. The van der Waals surface area contributed by atoms with Gasteiger partial charge in [0.2, 0.25) is 0 Å². The summed E-state index contributed by atoms with van der Waals surface area (Å²) in [5.41, 5.74) is 1.98. The second kappa shape index (κ2) is 5.87. The second-order valence-corrected chi connectivity index (χ2v) is 6.28. The highest BCUT2D eigenvalue weighted by Crippen LogP contribution is 2.25. The molecule has 0 aliphatic carbocycles. The first-order chi connectivity index (χ1) is 12.1. The van der Waals surface area contributed by atoms with E-state index >= 15 is 0 Å². The number of hydrogen-bond acceptors (Lipinski definition) is 4. The van der Waals surface area contributed by atoms with Crippen LogP contribution in [0.1, 0.15) is 29.9 Å². The lowest BCUT2D eigenvalue weighted by molar-refractivity contribution is 0.0775. The van der Waals surface area contributed by atoms with Crippen LogP contribution in [0.15, 0.2) is 35.4 Å². The Morgan fingerprint density at radius 3 is 2.96 bits per heavy atom. The van der Waals surface area contributed by atoms with Crippen LogP contribution in [-0.2, 0) is 13.6 Å². The van der Waals surface area contributed by atoms with Crippen molar-refractivity contribution in [2.24, 2.45) is 7.05 Å². The topological polar surface area (TPSA) is 78.0 Å². The number of aryl methyl sites for hydroxylation is 2. The van der Waals surface area contributed by atoms with E-state index in [9.17, 15) is 9.59 Å². The fraction of sp³-hybridized carbons (Fsp3) is 0.412. The zero-order valence-electron chi connectivity index (χ0n) is 14.3. The molecule has 0 aromatic carbocycles. The molecule has 0 unspecified atom stereocenters. The van der Waals surface area contributed by atoms with Gasteiger partial charge in [0.25, 0.3) is 5.91 Å². The van der Waals surface area contributed by atoms with Crippen LogP contribution in [0.25, 0.3) is 11.2 Å². The summed E-state index contributed by atoms with van der Waals surface area (Å²) in [4.78, 5) is 31.6. The molecule has 0 radical (unpaired) electrons. The van der Waals surface area contributed by atoms with E-state index in [0.29, 0.717) is 31.0 Å². The molecule has 0 saturated carbocycles. The van der Waals surface area contributed by atoms with E-state index in [1.165, 1.54) is 0 Å². The standard InChI is InChI=1S/C17H20N6O2/c1-3-22-14(6-9-19-22)16(24)21-10-7-12(11-21)23-15-13(5-4-8-18-15)20(2)17(23)25/h4-6,8-9,12H,3,7,10-11H2,1-2H3/t12-/m0/s1. The normalized spacial score (nSPS) is 17.5. The van der Waals surface area contributed by atoms with E-state index in [-0.39, 0.29) is 17.6 Å². The summed E-state index contributed by atoms with van der Waals surface area (Å²) < 4.78 is 5.03. The Bertz CT molecular complexity index is 998. The number of carbonyl (C=O) groups excluding carboxylic acids is 1. The highest BCUT2D eigenvalue weighted by molar-refractivity contribution is 5.92. The van der Waals surface area contributed by atoms with Gasteiger partial charge in [-0.3, -0.25) is 18.6 Å². The van der Waals surface area contributed by atoms with Gasteiger partial charge in [-0.1, -0.05) is 0 Å². The second-order valence-electron chi connectivity index (χ2n) is 6.28. The Hall–Kier alpha value is -2.90. The van der Waals surface area contributed by atoms with E-state index in [2.05, 4.69) is 10.1 Å². The van der Waals surface area contributed by atoms with Crippen molar-refractivity contribution in [1.82, 2.24) is 28.8 Å². The van der Waals surface area contributed by atoms with Crippen molar-refractivity contribution in [2.75, 3.05) is 13.1 Å². The van der Waals surface area contributed by atoms with Crippen molar-refractivity contribution in [1.29, 1.82) is 0 Å². The number of carbonyl (C=O) groups is 1. The maximum Gasteiger partial charge on any atom is 0.330 e. The van der Waals surface area contributed by atoms with E-state index in [4.69, 9.17) is 0 Å². The van der Waals surface area contributed by atoms with E-state index < -0.39 is 0 Å². The molecule has 4 rings (SSSR count). The highest BCUT2D eigenvalue weighted by Gasteiger charge is 2.32. The minimum atomic E-state index is -0.0911. The molecule has 3 aromatic heterocycles. The van der Waals surface area contributed by atoms with Crippen LogP contribution < -0.4 is 5.69 Å². The lowest BCUT2D eigenvalue weighted by Gasteiger charge is -2.17. The van der Waals surface area contributed by atoms with Gasteiger partial charge >= 0.3 is 5.69 Å². The predicted molar refractivity (Wildman–Crippen MR) is 92.4 cm³/mol. The average Bonchev–Trinajstić information content (AvgIpc) is 3.34. The predicted octanol–water partition coefficient (Wildman–Crippen LogP) is 1.04. The van der Waals surface area contributed by atoms with Crippen LogP contribution in [0.2, 0.25) is 0 Å². The summed E-state index contributed by atoms with van der Waals surface area (Å²) >= 11 is 0. The molecule has 0 spiro atoms. The van der Waals surface area contributed by atoms with Gasteiger partial charge in [0.1, 0.15) is 5.69 Å². The van der Waals surface area contributed by atoms with Crippen LogP contribution in [0.4, 0.5) is 0 Å². The number of imidazole rings is 1. The third kappa shape index (κ3) is 2.36. The SMILES string of the molecule is CCn1nccc1C(=O)N1CC[C@H](n2c(=O)n(C)c3cccnc32)C1. The molecule has 1 atom stereocenters. The minimum absolute atomic E-state index is 0.0388. The fourth-order valence-electron chi connectivity index (χ4n) is 3.59. The Morgan fingerprint density at radius 1 is 1.32 bits per heavy atom. The van der Waals surface area contributed by atoms with Crippen molar-refractivity contribution in [2.45, 2.75) is 25.9 Å². The number of rotatable bonds is 3. The van der Waals surface area contributed by atoms with E-state index in [0.717, 1.165) is 11.9 Å². The van der Waals surface area contributed by atoms with Gasteiger partial charge in [-0.15, -0.1) is 0 Å². The van der Waals surface area contributed by atoms with Gasteiger partial charge in [-0.25, -0.2) is 9.78 Å². The molecule has 1 fully saturated rings. The number of amides is 1. The van der Waals surface area contributed by atoms with Crippen molar-refractivity contribution in [3.05, 3.63) is 46.8 Å². The number of nitrogens with zero attached hydrogens (tertiary/aromatic N) is 6. The summed E-state index contributed by atoms with van der Waals surface area (Å²) in [6.45, 7) is 3.73. The minimum Gasteiger partial charge on any atom is -0.335 e. The lowest BCUT2D eigenvalue weighted by Crippen LogP contribution is -2.33. The van der Waals surface area contributed by atoms with Crippen LogP contribution in [0.5, 0.6) is 0 Å². The van der Waals surface area contributed by atoms with Gasteiger partial charge in [0.15, 0.2) is 5.65 Å². The molecular weight excluding hydrogens is 320 g/mol. The summed E-state index contributed by atoms with van der Waals surface area (Å²) in [5, 5.41) is 4.16. The molecule has 3 aromatic rings. The smallest absolute Gasteiger partial charge is 0.330 e. The Morgan fingerprint density at radius 2 is 2.16 bits per heavy atom. The maximum atomic E-state index is 12.8. The molecule has 1 saturated heterocycles. The zero-order chi connectivity index (χ0) is 17.6. The van der Waals surface area contributed by atoms with Gasteiger partial charge in [-0.05, 0) is 31.5 Å². The van der Waals surface area contributed by atoms with Crippen molar-refractivity contribution >= 4 is 17.1 Å². The lowest BCUT2D eigenvalue weighted by atomic mass is 10.2. The number of pyridine rings is 1. The quantitative estimate of drug-likeness (QED) is 0.714. The number of fused-ring (bicyclic) bond motifs is 1. The van der Waals surface area contributed by atoms with E-state index in [1.54, 1.807) is 44.2 Å². The molecule has 25 heavy (non-hydrogen) atoms. The highest BCUT2D eigenvalue weighted by atomic mass is 16.2. The first-order valence-corrected chi connectivity index (χ1v) is 8.44. The van der Waals surface area contributed by atoms with Gasteiger partial charge < -0.3 is 4.90 Å². The largest absolute Gasteiger partial charge is 0.335 e. The molecule has 130 valence electrons.